The van der Waals surface area contributed by atoms with Crippen LogP contribution in [-0.2, 0) is 0 Å². The second-order valence-electron chi connectivity index (χ2n) is 1.39. The van der Waals surface area contributed by atoms with Crippen LogP contribution in [0.2, 0.25) is 0 Å². The highest BCUT2D eigenvalue weighted by Gasteiger charge is 2.10. The van der Waals surface area contributed by atoms with E-state index in [2.05, 4.69) is 9.97 Å². The molecule has 10 heavy (non-hydrogen) atoms. The fourth-order valence-electron chi connectivity index (χ4n) is 0.370. The number of nitrogens with zero attached hydrogens (tertiary/aromatic N) is 2. The molecule has 2 nitrogen and oxygen atoms in total. The Balaban J connectivity index is 3.31. The average Bonchev–Trinajstić information content (AvgIpc) is 1.82. The smallest absolute Gasteiger partial charge is 0.183 e. The summed E-state index contributed by atoms with van der Waals surface area (Å²) in [4.78, 5) is 5.28. The van der Waals surface area contributed by atoms with Crippen molar-refractivity contribution >= 4 is 22.6 Å². The molecule has 1 aromatic heterocycles. The van der Waals surface area contributed by atoms with Crippen molar-refractivity contribution in [2.24, 2.45) is 0 Å². The fraction of sp³-hybridized carbons (Fsp3) is 0. The first-order valence-electron chi connectivity index (χ1n) is 2.15. The van der Waals surface area contributed by atoms with E-state index in [0.29, 0.717) is 0 Å². The molecule has 0 amide bonds. The molecule has 6 heteroatoms. The van der Waals surface area contributed by atoms with Crippen LogP contribution in [0.15, 0.2) is 0 Å². The van der Waals surface area contributed by atoms with Gasteiger partial charge >= 0.3 is 6.08 Å². The van der Waals surface area contributed by atoms with Crippen LogP contribution in [0.1, 0.15) is 0 Å². The van der Waals surface area contributed by atoms with Gasteiger partial charge in [-0.05, 0) is 22.6 Å². The zero-order valence-electron chi connectivity index (χ0n) is 4.41. The van der Waals surface area contributed by atoms with Crippen LogP contribution in [0.5, 0.6) is 0 Å². The van der Waals surface area contributed by atoms with E-state index in [9.17, 15) is 13.2 Å². The molecule has 0 radical (unpaired) electrons. The summed E-state index contributed by atoms with van der Waals surface area (Å²) < 4.78 is 35.9. The molecule has 1 rings (SSSR count). The normalized spacial score (nSPS) is 10.0. The summed E-state index contributed by atoms with van der Waals surface area (Å²) >= 11 is 1.34. The van der Waals surface area contributed by atoms with Crippen molar-refractivity contribution in [3.63, 3.8) is 0 Å². The molecule has 0 spiro atoms. The highest BCUT2D eigenvalue weighted by Crippen LogP contribution is 2.10. The number of halogens is 4. The Morgan fingerprint density at radius 2 is 1.40 bits per heavy atom. The maximum Gasteiger partial charge on any atom is 0.313 e. The van der Waals surface area contributed by atoms with E-state index in [1.807, 2.05) is 0 Å². The summed E-state index contributed by atoms with van der Waals surface area (Å²) in [7, 11) is 0. The maximum atomic E-state index is 12.2. The van der Waals surface area contributed by atoms with Gasteiger partial charge in [-0.25, -0.2) is 0 Å². The van der Waals surface area contributed by atoms with E-state index in [1.54, 1.807) is 0 Å². The lowest BCUT2D eigenvalue weighted by Gasteiger charge is -1.92. The highest BCUT2D eigenvalue weighted by atomic mass is 127. The van der Waals surface area contributed by atoms with Gasteiger partial charge in [0.2, 0.25) is 11.9 Å². The summed E-state index contributed by atoms with van der Waals surface area (Å²) in [5.41, 5.74) is 0. The molecule has 0 aromatic carbocycles. The third-order valence-electron chi connectivity index (χ3n) is 0.743. The van der Waals surface area contributed by atoms with Gasteiger partial charge in [-0.1, -0.05) is 0 Å². The van der Waals surface area contributed by atoms with E-state index in [-0.39, 0.29) is 0 Å². The van der Waals surface area contributed by atoms with E-state index < -0.39 is 21.5 Å². The standard InChI is InChI=1S/C4F3IN2/c5-2-1(8)3(6)10-4(7)9-2. The Morgan fingerprint density at radius 1 is 1.00 bits per heavy atom. The molecule has 1 heterocycles. The monoisotopic (exact) mass is 260 g/mol. The van der Waals surface area contributed by atoms with E-state index in [4.69, 9.17) is 0 Å². The molecule has 54 valence electrons. The lowest BCUT2D eigenvalue weighted by atomic mass is 10.6. The lowest BCUT2D eigenvalue weighted by Crippen LogP contribution is -2.00. The van der Waals surface area contributed by atoms with Crippen LogP contribution >= 0.6 is 22.6 Å². The molecule has 0 bridgehead atoms. The minimum Gasteiger partial charge on any atom is -0.183 e. The van der Waals surface area contributed by atoms with Gasteiger partial charge in [0.1, 0.15) is 3.57 Å². The van der Waals surface area contributed by atoms with E-state index >= 15 is 0 Å². The first-order chi connectivity index (χ1) is 4.61. The molecule has 0 fully saturated rings. The number of aromatic nitrogens is 2. The number of hydrogen-bond acceptors (Lipinski definition) is 2. The number of hydrogen-bond donors (Lipinski definition) is 0. The predicted octanol–water partition coefficient (Wildman–Crippen LogP) is 1.50. The third kappa shape index (κ3) is 1.36. The van der Waals surface area contributed by atoms with Crippen molar-refractivity contribution < 1.29 is 13.2 Å². The number of rotatable bonds is 0. The van der Waals surface area contributed by atoms with Crippen molar-refractivity contribution in [2.75, 3.05) is 0 Å². The molecule has 1 aromatic rings. The quantitative estimate of drug-likeness (QED) is 0.401. The molecule has 0 saturated heterocycles. The van der Waals surface area contributed by atoms with Crippen LogP contribution in [0.4, 0.5) is 13.2 Å². The van der Waals surface area contributed by atoms with Crippen LogP contribution in [0.3, 0.4) is 0 Å². The van der Waals surface area contributed by atoms with Gasteiger partial charge in [-0.3, -0.25) is 0 Å². The Kier molecular flexibility index (Phi) is 2.07. The second-order valence-corrected chi connectivity index (χ2v) is 2.47. The Labute approximate surface area is 67.6 Å². The van der Waals surface area contributed by atoms with Gasteiger partial charge in [0.25, 0.3) is 0 Å². The van der Waals surface area contributed by atoms with Crippen LogP contribution in [-0.4, -0.2) is 9.97 Å². The highest BCUT2D eigenvalue weighted by molar-refractivity contribution is 14.1. The molecule has 0 unspecified atom stereocenters. The average molecular weight is 260 g/mol. The molecule has 0 N–H and O–H groups in total. The molecule has 0 aliphatic carbocycles. The third-order valence-corrected chi connectivity index (χ3v) is 1.63. The molecule has 0 saturated carbocycles. The van der Waals surface area contributed by atoms with Crippen LogP contribution < -0.4 is 0 Å². The zero-order valence-corrected chi connectivity index (χ0v) is 6.56. The predicted molar refractivity (Wildman–Crippen MR) is 34.6 cm³/mol. The maximum absolute atomic E-state index is 12.2. The second kappa shape index (κ2) is 2.69. The molecular weight excluding hydrogens is 260 g/mol. The minimum absolute atomic E-state index is 0.404. The molecule has 0 aliphatic heterocycles. The Morgan fingerprint density at radius 3 is 1.80 bits per heavy atom. The van der Waals surface area contributed by atoms with E-state index in [0.717, 1.165) is 0 Å². The minimum atomic E-state index is -1.39. The van der Waals surface area contributed by atoms with Crippen molar-refractivity contribution in [3.8, 4) is 0 Å². The topological polar surface area (TPSA) is 25.8 Å². The van der Waals surface area contributed by atoms with Gasteiger partial charge < -0.3 is 0 Å². The van der Waals surface area contributed by atoms with Crippen molar-refractivity contribution in [2.45, 2.75) is 0 Å². The lowest BCUT2D eigenvalue weighted by molar-refractivity contribution is 0.431. The summed E-state index contributed by atoms with van der Waals surface area (Å²) in [6.45, 7) is 0. The van der Waals surface area contributed by atoms with E-state index in [1.165, 1.54) is 22.6 Å². The van der Waals surface area contributed by atoms with Crippen LogP contribution in [0, 0.1) is 21.5 Å². The summed E-state index contributed by atoms with van der Waals surface area (Å²) in [6, 6.07) is 0. The van der Waals surface area contributed by atoms with Gasteiger partial charge in [0.05, 0.1) is 0 Å². The first-order valence-corrected chi connectivity index (χ1v) is 3.23. The molecular formula is C4F3IN2. The largest absolute Gasteiger partial charge is 0.313 e. The van der Waals surface area contributed by atoms with Gasteiger partial charge in [0, 0.05) is 0 Å². The Hall–Kier alpha value is -0.400. The van der Waals surface area contributed by atoms with Crippen molar-refractivity contribution in [1.29, 1.82) is 0 Å². The summed E-state index contributed by atoms with van der Waals surface area (Å²) in [6.07, 6.45) is -1.39. The zero-order chi connectivity index (χ0) is 7.72. The summed E-state index contributed by atoms with van der Waals surface area (Å²) in [5.74, 6) is -2.35. The molecule has 0 aliphatic rings. The van der Waals surface area contributed by atoms with Crippen molar-refractivity contribution in [1.82, 2.24) is 9.97 Å². The Bertz CT molecular complexity index is 242. The fourth-order valence-corrected chi connectivity index (χ4v) is 0.611. The summed E-state index contributed by atoms with van der Waals surface area (Å²) in [5, 5.41) is 0. The van der Waals surface area contributed by atoms with Gasteiger partial charge in [-0.2, -0.15) is 23.1 Å². The van der Waals surface area contributed by atoms with Crippen LogP contribution in [0.25, 0.3) is 0 Å². The first kappa shape index (κ1) is 7.70. The SMILES string of the molecule is Fc1nc(F)c(I)c(F)n1. The van der Waals surface area contributed by atoms with Gasteiger partial charge in [0.15, 0.2) is 0 Å². The van der Waals surface area contributed by atoms with Gasteiger partial charge in [-0.15, -0.1) is 0 Å². The van der Waals surface area contributed by atoms with Crippen molar-refractivity contribution in [3.05, 3.63) is 21.5 Å². The molecule has 0 atom stereocenters.